The van der Waals surface area contributed by atoms with E-state index in [1.165, 1.54) is 0 Å². The number of hydrogen-bond acceptors (Lipinski definition) is 6. The highest BCUT2D eigenvalue weighted by Crippen LogP contribution is 2.36. The van der Waals surface area contributed by atoms with E-state index >= 15 is 0 Å². The Morgan fingerprint density at radius 3 is 2.29 bits per heavy atom. The molecule has 0 aliphatic carbocycles. The summed E-state index contributed by atoms with van der Waals surface area (Å²) in [5.41, 5.74) is 5.10. The quantitative estimate of drug-likeness (QED) is 0.347. The van der Waals surface area contributed by atoms with E-state index in [1.807, 2.05) is 77.1 Å². The van der Waals surface area contributed by atoms with E-state index in [-0.39, 0.29) is 5.91 Å². The van der Waals surface area contributed by atoms with Gasteiger partial charge in [0.05, 0.1) is 36.8 Å². The first kappa shape index (κ1) is 24.1. The summed E-state index contributed by atoms with van der Waals surface area (Å²) in [6.45, 7) is 11.3. The number of benzene rings is 2. The number of aryl methyl sites for hydroxylation is 2. The topological polar surface area (TPSA) is 87.0 Å². The molecule has 0 bridgehead atoms. The number of fused-ring (bicyclic) bond motifs is 1. The van der Waals surface area contributed by atoms with Crippen LogP contribution in [-0.4, -0.2) is 40.3 Å². The van der Waals surface area contributed by atoms with E-state index in [2.05, 4.69) is 10.3 Å². The van der Waals surface area contributed by atoms with E-state index in [0.29, 0.717) is 53.9 Å². The maximum atomic E-state index is 13.0. The fourth-order valence-corrected chi connectivity index (χ4v) is 3.97. The van der Waals surface area contributed by atoms with Gasteiger partial charge in [-0.3, -0.25) is 4.79 Å². The highest BCUT2D eigenvalue weighted by atomic mass is 16.5. The number of carbonyl (C=O) groups excluding carboxylic acids is 1. The maximum absolute atomic E-state index is 13.0. The Morgan fingerprint density at radius 2 is 1.60 bits per heavy atom. The van der Waals surface area contributed by atoms with Crippen LogP contribution in [0.4, 0.5) is 5.69 Å². The SMILES string of the molecule is CCOc1ccc(NC(=O)c2cnc3c(-c4ccc(OCC)c(OCC)c4)c(C)nn3c2C)cc1. The van der Waals surface area contributed by atoms with Crippen molar-refractivity contribution in [2.75, 3.05) is 25.1 Å². The van der Waals surface area contributed by atoms with Gasteiger partial charge in [-0.15, -0.1) is 0 Å². The zero-order valence-electron chi connectivity index (χ0n) is 20.7. The third-order valence-electron chi connectivity index (χ3n) is 5.56. The summed E-state index contributed by atoms with van der Waals surface area (Å²) in [6, 6.07) is 13.1. The Morgan fingerprint density at radius 1 is 0.914 bits per heavy atom. The summed E-state index contributed by atoms with van der Waals surface area (Å²) < 4.78 is 18.7. The van der Waals surface area contributed by atoms with E-state index in [9.17, 15) is 4.79 Å². The van der Waals surface area contributed by atoms with Crippen LogP contribution in [-0.2, 0) is 0 Å². The first-order chi connectivity index (χ1) is 17.0. The zero-order chi connectivity index (χ0) is 24.9. The Bertz CT molecular complexity index is 1350. The number of nitrogens with zero attached hydrogens (tertiary/aromatic N) is 3. The van der Waals surface area contributed by atoms with Crippen LogP contribution in [0.1, 0.15) is 42.5 Å². The smallest absolute Gasteiger partial charge is 0.259 e. The Hall–Kier alpha value is -4.07. The molecule has 0 unspecified atom stereocenters. The molecule has 1 N–H and O–H groups in total. The van der Waals surface area contributed by atoms with Gasteiger partial charge in [0.2, 0.25) is 0 Å². The normalized spacial score (nSPS) is 10.9. The molecule has 0 aliphatic rings. The molecule has 182 valence electrons. The molecule has 2 heterocycles. The van der Waals surface area contributed by atoms with Crippen LogP contribution in [0.15, 0.2) is 48.7 Å². The Labute approximate surface area is 204 Å². The molecular formula is C27H30N4O4. The maximum Gasteiger partial charge on any atom is 0.259 e. The second-order valence-electron chi connectivity index (χ2n) is 7.89. The summed E-state index contributed by atoms with van der Waals surface area (Å²) in [5.74, 6) is 1.87. The van der Waals surface area contributed by atoms with E-state index in [4.69, 9.17) is 19.3 Å². The third kappa shape index (κ3) is 4.91. The molecule has 2 aromatic heterocycles. The lowest BCUT2D eigenvalue weighted by Crippen LogP contribution is -2.16. The van der Waals surface area contributed by atoms with Crippen molar-refractivity contribution < 1.29 is 19.0 Å². The third-order valence-corrected chi connectivity index (χ3v) is 5.56. The largest absolute Gasteiger partial charge is 0.494 e. The van der Waals surface area contributed by atoms with Crippen LogP contribution in [0.5, 0.6) is 17.2 Å². The number of amides is 1. The highest BCUT2D eigenvalue weighted by molar-refractivity contribution is 6.05. The van der Waals surface area contributed by atoms with Crippen molar-refractivity contribution in [3.63, 3.8) is 0 Å². The zero-order valence-corrected chi connectivity index (χ0v) is 20.7. The van der Waals surface area contributed by atoms with Crippen LogP contribution in [0.25, 0.3) is 16.8 Å². The van der Waals surface area contributed by atoms with Crippen molar-refractivity contribution in [3.05, 3.63) is 65.6 Å². The Kier molecular flexibility index (Phi) is 7.19. The van der Waals surface area contributed by atoms with Crippen molar-refractivity contribution in [1.82, 2.24) is 14.6 Å². The van der Waals surface area contributed by atoms with E-state index in [0.717, 1.165) is 22.6 Å². The molecule has 1 amide bonds. The molecule has 8 nitrogen and oxygen atoms in total. The van der Waals surface area contributed by atoms with E-state index < -0.39 is 0 Å². The summed E-state index contributed by atoms with van der Waals surface area (Å²) in [6.07, 6.45) is 1.59. The average Bonchev–Trinajstić information content (AvgIpc) is 3.19. The van der Waals surface area contributed by atoms with Crippen molar-refractivity contribution in [2.24, 2.45) is 0 Å². The van der Waals surface area contributed by atoms with Crippen molar-refractivity contribution in [3.8, 4) is 28.4 Å². The van der Waals surface area contributed by atoms with Crippen LogP contribution in [0.3, 0.4) is 0 Å². The minimum atomic E-state index is -0.254. The van der Waals surface area contributed by atoms with Crippen molar-refractivity contribution >= 4 is 17.2 Å². The van der Waals surface area contributed by atoms with Gasteiger partial charge in [0, 0.05) is 17.4 Å². The molecule has 0 aliphatic heterocycles. The first-order valence-electron chi connectivity index (χ1n) is 11.8. The summed E-state index contributed by atoms with van der Waals surface area (Å²) in [4.78, 5) is 17.6. The number of anilines is 1. The molecule has 0 radical (unpaired) electrons. The number of hydrogen-bond donors (Lipinski definition) is 1. The molecule has 35 heavy (non-hydrogen) atoms. The van der Waals surface area contributed by atoms with Gasteiger partial charge in [0.25, 0.3) is 5.91 Å². The van der Waals surface area contributed by atoms with Crippen molar-refractivity contribution in [2.45, 2.75) is 34.6 Å². The van der Waals surface area contributed by atoms with Gasteiger partial charge in [-0.25, -0.2) is 9.50 Å². The molecular weight excluding hydrogens is 444 g/mol. The van der Waals surface area contributed by atoms with Gasteiger partial charge in [-0.05, 0) is 76.6 Å². The van der Waals surface area contributed by atoms with Crippen LogP contribution < -0.4 is 19.5 Å². The average molecular weight is 475 g/mol. The van der Waals surface area contributed by atoms with Crippen LogP contribution in [0, 0.1) is 13.8 Å². The van der Waals surface area contributed by atoms with Crippen molar-refractivity contribution in [1.29, 1.82) is 0 Å². The number of nitrogens with one attached hydrogen (secondary N) is 1. The van der Waals surface area contributed by atoms with Crippen LogP contribution in [0.2, 0.25) is 0 Å². The molecule has 0 atom stereocenters. The number of carbonyl (C=O) groups is 1. The van der Waals surface area contributed by atoms with Gasteiger partial charge >= 0.3 is 0 Å². The number of rotatable bonds is 9. The predicted molar refractivity (Wildman–Crippen MR) is 136 cm³/mol. The lowest BCUT2D eigenvalue weighted by molar-refractivity contribution is 0.102. The lowest BCUT2D eigenvalue weighted by Gasteiger charge is -2.12. The summed E-state index contributed by atoms with van der Waals surface area (Å²) in [7, 11) is 0. The molecule has 2 aromatic carbocycles. The second kappa shape index (κ2) is 10.5. The highest BCUT2D eigenvalue weighted by Gasteiger charge is 2.20. The molecule has 4 rings (SSSR count). The molecule has 0 saturated heterocycles. The summed E-state index contributed by atoms with van der Waals surface area (Å²) in [5, 5.41) is 7.61. The van der Waals surface area contributed by atoms with E-state index in [1.54, 1.807) is 10.7 Å². The predicted octanol–water partition coefficient (Wildman–Crippen LogP) is 5.46. The molecule has 8 heteroatoms. The molecule has 0 fully saturated rings. The summed E-state index contributed by atoms with van der Waals surface area (Å²) >= 11 is 0. The fourth-order valence-electron chi connectivity index (χ4n) is 3.97. The minimum absolute atomic E-state index is 0.254. The molecule has 4 aromatic rings. The molecule has 0 spiro atoms. The van der Waals surface area contributed by atoms with Gasteiger partial charge in [0.15, 0.2) is 17.1 Å². The lowest BCUT2D eigenvalue weighted by atomic mass is 10.1. The van der Waals surface area contributed by atoms with Gasteiger partial charge < -0.3 is 19.5 Å². The monoisotopic (exact) mass is 474 g/mol. The van der Waals surface area contributed by atoms with Gasteiger partial charge in [-0.1, -0.05) is 6.07 Å². The van der Waals surface area contributed by atoms with Gasteiger partial charge in [-0.2, -0.15) is 5.10 Å². The number of aromatic nitrogens is 3. The van der Waals surface area contributed by atoms with Gasteiger partial charge in [0.1, 0.15) is 5.75 Å². The Balaban J connectivity index is 1.67. The number of ether oxygens (including phenoxy) is 3. The van der Waals surface area contributed by atoms with Crippen LogP contribution >= 0.6 is 0 Å². The fraction of sp³-hybridized carbons (Fsp3) is 0.296. The first-order valence-corrected chi connectivity index (χ1v) is 11.8. The minimum Gasteiger partial charge on any atom is -0.494 e. The molecule has 0 saturated carbocycles. The standard InChI is InChI=1S/C27H30N4O4/c1-6-33-21-12-10-20(11-13-21)29-27(32)22-16-28-26-25(17(4)30-31(26)18(22)5)19-9-14-23(34-7-2)24(15-19)35-8-3/h9-16H,6-8H2,1-5H3,(H,29,32). The second-order valence-corrected chi connectivity index (χ2v) is 7.89.